The number of aromatic amines is 1. The second-order valence-electron chi connectivity index (χ2n) is 5.57. The lowest BCUT2D eigenvalue weighted by Gasteiger charge is -2.17. The van der Waals surface area contributed by atoms with Crippen LogP contribution in [0.4, 0.5) is 13.2 Å². The number of fused-ring (bicyclic) bond motifs is 1. The quantitative estimate of drug-likeness (QED) is 0.383. The number of phosphoric ester groups is 1. The number of hydrogen-bond donors (Lipinski definition) is 5. The lowest BCUT2D eigenvalue weighted by Crippen LogP contribution is -2.33. The van der Waals surface area contributed by atoms with Gasteiger partial charge in [-0.15, -0.1) is 0 Å². The molecule has 0 spiro atoms. The van der Waals surface area contributed by atoms with Crippen LogP contribution >= 0.6 is 7.82 Å². The topological polar surface area (TPSA) is 180 Å². The number of alkyl halides is 3. The Morgan fingerprint density at radius 2 is 2.00 bits per heavy atom. The van der Waals surface area contributed by atoms with E-state index in [1.165, 1.54) is 4.98 Å². The molecule has 0 aromatic carbocycles. The van der Waals surface area contributed by atoms with Gasteiger partial charge >= 0.3 is 14.0 Å². The van der Waals surface area contributed by atoms with Gasteiger partial charge in [-0.2, -0.15) is 13.2 Å². The fraction of sp³-hybridized carbons (Fsp3) is 0.545. The minimum Gasteiger partial charge on any atom is -0.387 e. The molecule has 1 aliphatic heterocycles. The molecule has 2 aromatic rings. The first-order valence-corrected chi connectivity index (χ1v) is 8.67. The first-order valence-electron chi connectivity index (χ1n) is 7.14. The molecule has 16 heteroatoms. The summed E-state index contributed by atoms with van der Waals surface area (Å²) in [7, 11) is -4.89. The van der Waals surface area contributed by atoms with E-state index in [0.29, 0.717) is 0 Å². The number of aliphatic hydroxyl groups excluding tert-OH is 2. The van der Waals surface area contributed by atoms with Gasteiger partial charge in [0.1, 0.15) is 18.3 Å². The molecule has 0 unspecified atom stereocenters. The number of rotatable bonds is 4. The number of imidazole rings is 1. The summed E-state index contributed by atoms with van der Waals surface area (Å²) < 4.78 is 59.5. The molecule has 0 radical (unpaired) electrons. The van der Waals surface area contributed by atoms with E-state index in [1.54, 1.807) is 0 Å². The van der Waals surface area contributed by atoms with Gasteiger partial charge < -0.3 is 29.7 Å². The Bertz CT molecular complexity index is 955. The van der Waals surface area contributed by atoms with Crippen molar-refractivity contribution in [2.24, 2.45) is 0 Å². The van der Waals surface area contributed by atoms with Crippen LogP contribution in [-0.4, -0.2) is 64.4 Å². The average Bonchev–Trinajstić information content (AvgIpc) is 3.07. The van der Waals surface area contributed by atoms with E-state index >= 15 is 0 Å². The molecule has 2 aromatic heterocycles. The van der Waals surface area contributed by atoms with E-state index in [9.17, 15) is 32.7 Å². The third-order valence-electron chi connectivity index (χ3n) is 3.72. The number of H-pyrrole nitrogens is 1. The lowest BCUT2D eigenvalue weighted by molar-refractivity contribution is -0.145. The van der Waals surface area contributed by atoms with Gasteiger partial charge in [-0.3, -0.25) is 13.9 Å². The molecule has 5 N–H and O–H groups in total. The highest BCUT2D eigenvalue weighted by Gasteiger charge is 2.45. The molecule has 12 nitrogen and oxygen atoms in total. The van der Waals surface area contributed by atoms with E-state index in [-0.39, 0.29) is 0 Å². The maximum Gasteiger partial charge on any atom is 0.469 e. The van der Waals surface area contributed by atoms with Crippen molar-refractivity contribution in [1.29, 1.82) is 0 Å². The number of nitrogens with one attached hydrogen (secondary N) is 1. The van der Waals surface area contributed by atoms with Crippen LogP contribution in [0.5, 0.6) is 0 Å². The van der Waals surface area contributed by atoms with E-state index in [0.717, 1.165) is 10.9 Å². The van der Waals surface area contributed by atoms with Crippen LogP contribution in [0.2, 0.25) is 0 Å². The smallest absolute Gasteiger partial charge is 0.387 e. The van der Waals surface area contributed by atoms with Crippen molar-refractivity contribution in [3.63, 3.8) is 0 Å². The molecule has 3 heterocycles. The predicted octanol–water partition coefficient (Wildman–Crippen LogP) is -1.13. The lowest BCUT2D eigenvalue weighted by atomic mass is 10.1. The Balaban J connectivity index is 1.96. The van der Waals surface area contributed by atoms with Gasteiger partial charge in [0.05, 0.1) is 12.9 Å². The molecule has 0 saturated carbocycles. The summed E-state index contributed by atoms with van der Waals surface area (Å²) in [6.07, 6.45) is -10.5. The second-order valence-corrected chi connectivity index (χ2v) is 6.81. The molecule has 27 heavy (non-hydrogen) atoms. The summed E-state index contributed by atoms with van der Waals surface area (Å²) in [5.74, 6) is -1.60. The molecule has 0 amide bonds. The maximum atomic E-state index is 12.9. The zero-order valence-corrected chi connectivity index (χ0v) is 13.8. The van der Waals surface area contributed by atoms with Crippen LogP contribution < -0.4 is 5.56 Å². The van der Waals surface area contributed by atoms with Crippen molar-refractivity contribution in [2.75, 3.05) is 6.61 Å². The minimum absolute atomic E-state index is 0.469. The van der Waals surface area contributed by atoms with Crippen LogP contribution in [0.15, 0.2) is 11.1 Å². The van der Waals surface area contributed by atoms with Gasteiger partial charge in [0.2, 0.25) is 5.82 Å². The molecule has 1 aliphatic rings. The number of aliphatic hydroxyl groups is 2. The Morgan fingerprint density at radius 1 is 1.33 bits per heavy atom. The highest BCUT2D eigenvalue weighted by molar-refractivity contribution is 7.46. The minimum atomic E-state index is -4.96. The van der Waals surface area contributed by atoms with Crippen molar-refractivity contribution in [3.05, 3.63) is 22.5 Å². The zero-order chi connectivity index (χ0) is 20.1. The van der Waals surface area contributed by atoms with E-state index in [4.69, 9.17) is 14.5 Å². The molecule has 4 atom stereocenters. The molecule has 150 valence electrons. The molecule has 1 fully saturated rings. The standard InChI is InChI=1S/C11H12F3N4O8P/c12-11(13,14)10-16-7-4(8(21)17-10)15-2-18(7)9-6(20)5(19)3(26-9)1-25-27(22,23)24/h2-3,5-6,9,19-20H,1H2,(H,16,17,21)(H2,22,23,24)/t3-,5-,6-,9-/m1/s1. The average molecular weight is 416 g/mol. The van der Waals surface area contributed by atoms with Crippen molar-refractivity contribution >= 4 is 19.0 Å². The Hall–Kier alpha value is -1.87. The summed E-state index contributed by atoms with van der Waals surface area (Å²) in [4.78, 5) is 37.5. The van der Waals surface area contributed by atoms with Crippen LogP contribution in [0.1, 0.15) is 12.1 Å². The number of halogens is 3. The van der Waals surface area contributed by atoms with Crippen molar-refractivity contribution in [2.45, 2.75) is 30.7 Å². The summed E-state index contributed by atoms with van der Waals surface area (Å²) in [5.41, 5.74) is -2.22. The molecule has 0 bridgehead atoms. The first kappa shape index (κ1) is 19.9. The number of aromatic nitrogens is 4. The monoisotopic (exact) mass is 416 g/mol. The third kappa shape index (κ3) is 3.89. The van der Waals surface area contributed by atoms with Gasteiger partial charge in [0.15, 0.2) is 17.4 Å². The first-order chi connectivity index (χ1) is 12.4. The van der Waals surface area contributed by atoms with Crippen LogP contribution in [0.25, 0.3) is 11.2 Å². The molecular weight excluding hydrogens is 404 g/mol. The van der Waals surface area contributed by atoms with Crippen molar-refractivity contribution in [1.82, 2.24) is 19.5 Å². The van der Waals surface area contributed by atoms with Gasteiger partial charge in [-0.1, -0.05) is 0 Å². The summed E-state index contributed by atoms with van der Waals surface area (Å²) >= 11 is 0. The second kappa shape index (κ2) is 6.63. The highest BCUT2D eigenvalue weighted by Crippen LogP contribution is 2.38. The van der Waals surface area contributed by atoms with Crippen LogP contribution in [-0.2, 0) is 20.0 Å². The van der Waals surface area contributed by atoms with E-state index in [2.05, 4.69) is 14.5 Å². The van der Waals surface area contributed by atoms with Crippen molar-refractivity contribution < 1.29 is 47.0 Å². The number of ether oxygens (including phenoxy) is 1. The molecular formula is C11H12F3N4O8P. The van der Waals surface area contributed by atoms with E-state index < -0.39 is 67.7 Å². The van der Waals surface area contributed by atoms with Gasteiger partial charge in [0, 0.05) is 0 Å². The Morgan fingerprint density at radius 3 is 2.59 bits per heavy atom. The fourth-order valence-electron chi connectivity index (χ4n) is 2.51. The van der Waals surface area contributed by atoms with Gasteiger partial charge in [0.25, 0.3) is 5.56 Å². The number of phosphoric acid groups is 1. The molecule has 0 aliphatic carbocycles. The third-order valence-corrected chi connectivity index (χ3v) is 4.20. The fourth-order valence-corrected chi connectivity index (χ4v) is 2.85. The van der Waals surface area contributed by atoms with Crippen LogP contribution in [0.3, 0.4) is 0 Å². The Kier molecular flexibility index (Phi) is 4.88. The maximum absolute atomic E-state index is 12.9. The number of hydrogen-bond acceptors (Lipinski definition) is 8. The zero-order valence-electron chi connectivity index (χ0n) is 12.9. The van der Waals surface area contributed by atoms with Crippen molar-refractivity contribution in [3.8, 4) is 0 Å². The van der Waals surface area contributed by atoms with E-state index in [1.807, 2.05) is 0 Å². The normalized spacial score (nSPS) is 26.8. The SMILES string of the molecule is O=c1[nH]c(C(F)(F)F)nc2c1ncn2[C@@H]1O[C@H](COP(=O)(O)O)[C@@H](O)[C@H]1O. The summed E-state index contributed by atoms with van der Waals surface area (Å²) in [5, 5.41) is 20.0. The summed E-state index contributed by atoms with van der Waals surface area (Å²) in [6, 6.07) is 0. The Labute approximate surface area is 146 Å². The summed E-state index contributed by atoms with van der Waals surface area (Å²) in [6.45, 7) is -0.812. The van der Waals surface area contributed by atoms with Gasteiger partial charge in [-0.05, 0) is 0 Å². The predicted molar refractivity (Wildman–Crippen MR) is 77.1 cm³/mol. The molecule has 3 rings (SSSR count). The van der Waals surface area contributed by atoms with Gasteiger partial charge in [-0.25, -0.2) is 14.5 Å². The number of nitrogens with zero attached hydrogens (tertiary/aromatic N) is 3. The van der Waals surface area contributed by atoms with Crippen LogP contribution in [0, 0.1) is 0 Å². The highest BCUT2D eigenvalue weighted by atomic mass is 31.2. The largest absolute Gasteiger partial charge is 0.469 e. The molecule has 1 saturated heterocycles.